The fraction of sp³-hybridized carbons (Fsp3) is 0.400. The van der Waals surface area contributed by atoms with Gasteiger partial charge in [0.2, 0.25) is 0 Å². The second-order valence-corrected chi connectivity index (χ2v) is 3.83. The summed E-state index contributed by atoms with van der Waals surface area (Å²) in [5, 5.41) is 8.86. The number of carbonyl (C=O) groups is 1. The van der Waals surface area contributed by atoms with Crippen LogP contribution in [-0.2, 0) is 11.2 Å². The van der Waals surface area contributed by atoms with Crippen molar-refractivity contribution in [3.63, 3.8) is 0 Å². The molecule has 0 aromatic carbocycles. The standard InChI is InChI=1S/C10H9NO2/c12-10(13)9-6-3-5-1-2-11-4-7(5)8(6)9/h1-2,4,6,8-9H,3H2,(H,12,13). The molecule has 1 aromatic rings. The van der Waals surface area contributed by atoms with Gasteiger partial charge in [0.25, 0.3) is 0 Å². The Morgan fingerprint density at radius 1 is 1.62 bits per heavy atom. The lowest BCUT2D eigenvalue weighted by molar-refractivity contribution is -0.139. The summed E-state index contributed by atoms with van der Waals surface area (Å²) in [7, 11) is 0. The highest BCUT2D eigenvalue weighted by molar-refractivity contribution is 5.77. The molecule has 1 saturated carbocycles. The summed E-state index contributed by atoms with van der Waals surface area (Å²) in [6.45, 7) is 0. The largest absolute Gasteiger partial charge is 0.481 e. The lowest BCUT2D eigenvalue weighted by Crippen LogP contribution is -2.05. The number of rotatable bonds is 1. The molecule has 3 heteroatoms. The first kappa shape index (κ1) is 7.06. The van der Waals surface area contributed by atoms with Gasteiger partial charge < -0.3 is 5.11 Å². The highest BCUT2D eigenvalue weighted by Crippen LogP contribution is 2.61. The van der Waals surface area contributed by atoms with Gasteiger partial charge in [-0.25, -0.2) is 0 Å². The van der Waals surface area contributed by atoms with Crippen molar-refractivity contribution in [3.8, 4) is 0 Å². The molecular formula is C10H9NO2. The van der Waals surface area contributed by atoms with Gasteiger partial charge >= 0.3 is 5.97 Å². The fourth-order valence-electron chi connectivity index (χ4n) is 2.56. The van der Waals surface area contributed by atoms with Gasteiger partial charge in [-0.15, -0.1) is 0 Å². The molecule has 0 amide bonds. The summed E-state index contributed by atoms with van der Waals surface area (Å²) in [4.78, 5) is 14.8. The van der Waals surface area contributed by atoms with Gasteiger partial charge in [-0.1, -0.05) is 0 Å². The topological polar surface area (TPSA) is 50.2 Å². The SMILES string of the molecule is O=C(O)C1C2Cc3ccncc3C21. The summed E-state index contributed by atoms with van der Waals surface area (Å²) in [6, 6.07) is 2.00. The number of hydrogen-bond donors (Lipinski definition) is 1. The number of fused-ring (bicyclic) bond motifs is 3. The summed E-state index contributed by atoms with van der Waals surface area (Å²) >= 11 is 0. The van der Waals surface area contributed by atoms with Crippen molar-refractivity contribution in [2.75, 3.05) is 0 Å². The van der Waals surface area contributed by atoms with E-state index in [2.05, 4.69) is 4.98 Å². The molecule has 1 fully saturated rings. The minimum atomic E-state index is -0.649. The molecular weight excluding hydrogens is 166 g/mol. The van der Waals surface area contributed by atoms with Crippen LogP contribution in [0, 0.1) is 11.8 Å². The minimum absolute atomic E-state index is 0.128. The molecule has 0 spiro atoms. The monoisotopic (exact) mass is 175 g/mol. The van der Waals surface area contributed by atoms with Crippen LogP contribution in [0.1, 0.15) is 17.0 Å². The molecule has 0 bridgehead atoms. The zero-order valence-electron chi connectivity index (χ0n) is 6.97. The molecule has 13 heavy (non-hydrogen) atoms. The van der Waals surface area contributed by atoms with Crippen LogP contribution >= 0.6 is 0 Å². The maximum Gasteiger partial charge on any atom is 0.307 e. The van der Waals surface area contributed by atoms with Gasteiger partial charge in [0, 0.05) is 18.3 Å². The van der Waals surface area contributed by atoms with Crippen LogP contribution in [0.2, 0.25) is 0 Å². The van der Waals surface area contributed by atoms with E-state index in [-0.39, 0.29) is 11.8 Å². The molecule has 1 N–H and O–H groups in total. The van der Waals surface area contributed by atoms with Crippen LogP contribution in [0.4, 0.5) is 0 Å². The molecule has 2 aliphatic carbocycles. The molecule has 3 rings (SSSR count). The van der Waals surface area contributed by atoms with Crippen LogP contribution in [-0.4, -0.2) is 16.1 Å². The van der Waals surface area contributed by atoms with Crippen LogP contribution < -0.4 is 0 Å². The third-order valence-corrected chi connectivity index (χ3v) is 3.21. The number of nitrogens with zero attached hydrogens (tertiary/aromatic N) is 1. The number of carboxylic acids is 1. The lowest BCUT2D eigenvalue weighted by Gasteiger charge is -2.02. The minimum Gasteiger partial charge on any atom is -0.481 e. The Hall–Kier alpha value is -1.38. The van der Waals surface area contributed by atoms with Gasteiger partial charge in [0.05, 0.1) is 5.92 Å². The molecule has 66 valence electrons. The molecule has 0 saturated heterocycles. The van der Waals surface area contributed by atoms with E-state index in [1.165, 1.54) is 11.1 Å². The van der Waals surface area contributed by atoms with E-state index in [1.807, 2.05) is 12.3 Å². The van der Waals surface area contributed by atoms with Gasteiger partial charge in [-0.3, -0.25) is 9.78 Å². The molecule has 0 aliphatic heterocycles. The smallest absolute Gasteiger partial charge is 0.307 e. The second kappa shape index (κ2) is 2.10. The average molecular weight is 175 g/mol. The highest BCUT2D eigenvalue weighted by Gasteiger charge is 2.59. The Kier molecular flexibility index (Phi) is 1.14. The highest BCUT2D eigenvalue weighted by atomic mass is 16.4. The van der Waals surface area contributed by atoms with E-state index >= 15 is 0 Å². The first-order valence-electron chi connectivity index (χ1n) is 4.44. The third-order valence-electron chi connectivity index (χ3n) is 3.21. The maximum atomic E-state index is 10.8. The van der Waals surface area contributed by atoms with Crippen molar-refractivity contribution in [3.05, 3.63) is 29.6 Å². The average Bonchev–Trinajstić information content (AvgIpc) is 2.71. The van der Waals surface area contributed by atoms with Gasteiger partial charge in [0.15, 0.2) is 0 Å². The van der Waals surface area contributed by atoms with Crippen molar-refractivity contribution in [1.82, 2.24) is 4.98 Å². The van der Waals surface area contributed by atoms with Crippen LogP contribution in [0.5, 0.6) is 0 Å². The second-order valence-electron chi connectivity index (χ2n) is 3.83. The number of pyridine rings is 1. The van der Waals surface area contributed by atoms with Crippen LogP contribution in [0.15, 0.2) is 18.5 Å². The van der Waals surface area contributed by atoms with Gasteiger partial charge in [0.1, 0.15) is 0 Å². The van der Waals surface area contributed by atoms with Crippen molar-refractivity contribution in [2.24, 2.45) is 11.8 Å². The van der Waals surface area contributed by atoms with Crippen LogP contribution in [0.25, 0.3) is 0 Å². The van der Waals surface area contributed by atoms with E-state index in [0.29, 0.717) is 5.92 Å². The predicted octanol–water partition coefficient (Wildman–Crippen LogP) is 1.05. The van der Waals surface area contributed by atoms with Crippen LogP contribution in [0.3, 0.4) is 0 Å². The number of carboxylic acid groups (broad SMARTS) is 1. The summed E-state index contributed by atoms with van der Waals surface area (Å²) in [5.41, 5.74) is 2.46. The van der Waals surface area contributed by atoms with Gasteiger partial charge in [-0.2, -0.15) is 0 Å². The summed E-state index contributed by atoms with van der Waals surface area (Å²) in [5.74, 6) is -0.154. The predicted molar refractivity (Wildman–Crippen MR) is 45.3 cm³/mol. The fourth-order valence-corrected chi connectivity index (χ4v) is 2.56. The van der Waals surface area contributed by atoms with E-state index < -0.39 is 5.97 Å². The maximum absolute atomic E-state index is 10.8. The first-order valence-corrected chi connectivity index (χ1v) is 4.44. The van der Waals surface area contributed by atoms with E-state index in [4.69, 9.17) is 5.11 Å². The zero-order chi connectivity index (χ0) is 9.00. The van der Waals surface area contributed by atoms with E-state index in [1.54, 1.807) is 6.20 Å². The Morgan fingerprint density at radius 2 is 2.46 bits per heavy atom. The Balaban J connectivity index is 1.99. The lowest BCUT2D eigenvalue weighted by atomic mass is 10.1. The molecule has 3 atom stereocenters. The van der Waals surface area contributed by atoms with Crippen molar-refractivity contribution < 1.29 is 9.90 Å². The first-order chi connectivity index (χ1) is 6.29. The van der Waals surface area contributed by atoms with Gasteiger partial charge in [-0.05, 0) is 29.5 Å². The normalized spacial score (nSPS) is 33.7. The quantitative estimate of drug-likeness (QED) is 0.694. The van der Waals surface area contributed by atoms with Crippen molar-refractivity contribution in [1.29, 1.82) is 0 Å². The Morgan fingerprint density at radius 3 is 3.23 bits per heavy atom. The molecule has 1 aromatic heterocycles. The number of aromatic nitrogens is 1. The van der Waals surface area contributed by atoms with E-state index in [9.17, 15) is 4.79 Å². The summed E-state index contributed by atoms with van der Waals surface area (Å²) in [6.07, 6.45) is 4.53. The zero-order valence-corrected chi connectivity index (χ0v) is 6.97. The Labute approximate surface area is 75.4 Å². The van der Waals surface area contributed by atoms with Crippen molar-refractivity contribution in [2.45, 2.75) is 12.3 Å². The molecule has 1 heterocycles. The number of aliphatic carboxylic acids is 1. The molecule has 2 aliphatic rings. The summed E-state index contributed by atoms with van der Waals surface area (Å²) < 4.78 is 0. The molecule has 3 nitrogen and oxygen atoms in total. The molecule has 3 unspecified atom stereocenters. The number of hydrogen-bond acceptors (Lipinski definition) is 2. The van der Waals surface area contributed by atoms with Crippen molar-refractivity contribution >= 4 is 5.97 Å². The third kappa shape index (κ3) is 0.789. The Bertz CT molecular complexity index is 388. The molecule has 0 radical (unpaired) electrons. The van der Waals surface area contributed by atoms with E-state index in [0.717, 1.165) is 6.42 Å².